The summed E-state index contributed by atoms with van der Waals surface area (Å²) in [6.45, 7) is 0. The first-order valence-corrected chi connectivity index (χ1v) is 7.85. The second kappa shape index (κ2) is 7.98. The molecule has 0 atom stereocenters. The standard InChI is InChI=1S/C19H16N4O3/c1-26-16-4-2-13(3-5-16)17(24)10-18-21-11-14(12-22-18)19(25)23-15-6-8-20-9-7-15/h2-9,11-12H,10H2,1H3,(H,20,23,25). The fourth-order valence-corrected chi connectivity index (χ4v) is 2.22. The number of methoxy groups -OCH3 is 1. The summed E-state index contributed by atoms with van der Waals surface area (Å²) in [6.07, 6.45) is 6.03. The average molecular weight is 348 g/mol. The summed E-state index contributed by atoms with van der Waals surface area (Å²) in [5.41, 5.74) is 1.49. The molecule has 1 aromatic carbocycles. The topological polar surface area (TPSA) is 94.1 Å². The Balaban J connectivity index is 1.63. The van der Waals surface area contributed by atoms with Gasteiger partial charge in [0.2, 0.25) is 0 Å². The van der Waals surface area contributed by atoms with Crippen molar-refractivity contribution >= 4 is 17.4 Å². The first kappa shape index (κ1) is 17.2. The van der Waals surface area contributed by atoms with E-state index in [4.69, 9.17) is 4.74 Å². The van der Waals surface area contributed by atoms with Gasteiger partial charge in [-0.05, 0) is 36.4 Å². The summed E-state index contributed by atoms with van der Waals surface area (Å²) in [7, 11) is 1.57. The summed E-state index contributed by atoms with van der Waals surface area (Å²) in [4.78, 5) is 36.5. The minimum Gasteiger partial charge on any atom is -0.497 e. The van der Waals surface area contributed by atoms with Crippen molar-refractivity contribution in [2.45, 2.75) is 6.42 Å². The first-order chi connectivity index (χ1) is 12.7. The van der Waals surface area contributed by atoms with Crippen LogP contribution in [0, 0.1) is 0 Å². The molecule has 0 radical (unpaired) electrons. The molecule has 0 fully saturated rings. The normalized spacial score (nSPS) is 10.2. The lowest BCUT2D eigenvalue weighted by atomic mass is 10.1. The highest BCUT2D eigenvalue weighted by molar-refractivity contribution is 6.03. The molecule has 2 aromatic heterocycles. The number of amides is 1. The van der Waals surface area contributed by atoms with Gasteiger partial charge >= 0.3 is 0 Å². The van der Waals surface area contributed by atoms with Crippen molar-refractivity contribution in [1.29, 1.82) is 0 Å². The third kappa shape index (κ3) is 4.27. The molecule has 0 aliphatic carbocycles. The van der Waals surface area contributed by atoms with Crippen molar-refractivity contribution in [3.8, 4) is 5.75 Å². The Kier molecular flexibility index (Phi) is 5.28. The van der Waals surface area contributed by atoms with Crippen LogP contribution in [0.15, 0.2) is 61.2 Å². The van der Waals surface area contributed by atoms with Gasteiger partial charge in [-0.1, -0.05) is 0 Å². The van der Waals surface area contributed by atoms with E-state index in [9.17, 15) is 9.59 Å². The van der Waals surface area contributed by atoms with Gasteiger partial charge in [-0.25, -0.2) is 9.97 Å². The minimum atomic E-state index is -0.329. The molecule has 2 heterocycles. The third-order valence-corrected chi connectivity index (χ3v) is 3.64. The number of benzene rings is 1. The second-order valence-electron chi connectivity index (χ2n) is 5.41. The average Bonchev–Trinajstić information content (AvgIpc) is 2.69. The quantitative estimate of drug-likeness (QED) is 0.688. The number of pyridine rings is 1. The molecule has 0 aliphatic rings. The monoisotopic (exact) mass is 348 g/mol. The maximum absolute atomic E-state index is 12.3. The van der Waals surface area contributed by atoms with E-state index in [1.807, 2.05) is 0 Å². The molecule has 0 spiro atoms. The lowest BCUT2D eigenvalue weighted by Crippen LogP contribution is -2.14. The van der Waals surface area contributed by atoms with Crippen LogP contribution in [0.2, 0.25) is 0 Å². The highest BCUT2D eigenvalue weighted by Crippen LogP contribution is 2.13. The number of aromatic nitrogens is 3. The van der Waals surface area contributed by atoms with Gasteiger partial charge in [0.15, 0.2) is 5.78 Å². The largest absolute Gasteiger partial charge is 0.497 e. The SMILES string of the molecule is COc1ccc(C(=O)Cc2ncc(C(=O)Nc3ccncc3)cn2)cc1. The number of nitrogens with one attached hydrogen (secondary N) is 1. The highest BCUT2D eigenvalue weighted by Gasteiger charge is 2.11. The van der Waals surface area contributed by atoms with E-state index < -0.39 is 0 Å². The van der Waals surface area contributed by atoms with Gasteiger partial charge in [0, 0.05) is 36.0 Å². The molecule has 26 heavy (non-hydrogen) atoms. The number of hydrogen-bond donors (Lipinski definition) is 1. The fourth-order valence-electron chi connectivity index (χ4n) is 2.22. The van der Waals surface area contributed by atoms with E-state index >= 15 is 0 Å². The van der Waals surface area contributed by atoms with Crippen LogP contribution in [0.3, 0.4) is 0 Å². The Morgan fingerprint density at radius 3 is 2.23 bits per heavy atom. The van der Waals surface area contributed by atoms with Crippen LogP contribution in [0.5, 0.6) is 5.75 Å². The number of rotatable bonds is 6. The Morgan fingerprint density at radius 2 is 1.62 bits per heavy atom. The summed E-state index contributed by atoms with van der Waals surface area (Å²) >= 11 is 0. The van der Waals surface area contributed by atoms with Gasteiger partial charge in [0.1, 0.15) is 11.6 Å². The molecule has 3 rings (SSSR count). The van der Waals surface area contributed by atoms with E-state index in [1.54, 1.807) is 55.9 Å². The number of nitrogens with zero attached hydrogens (tertiary/aromatic N) is 3. The van der Waals surface area contributed by atoms with Gasteiger partial charge in [-0.15, -0.1) is 0 Å². The molecule has 7 heteroatoms. The molecule has 0 saturated heterocycles. The number of anilines is 1. The van der Waals surface area contributed by atoms with Crippen LogP contribution >= 0.6 is 0 Å². The van der Waals surface area contributed by atoms with Crippen LogP contribution in [-0.4, -0.2) is 33.8 Å². The van der Waals surface area contributed by atoms with E-state index in [-0.39, 0.29) is 18.1 Å². The van der Waals surface area contributed by atoms with Crippen LogP contribution in [0.1, 0.15) is 26.5 Å². The van der Waals surface area contributed by atoms with Gasteiger partial charge in [0.05, 0.1) is 19.1 Å². The van der Waals surface area contributed by atoms with Gasteiger partial charge in [0.25, 0.3) is 5.91 Å². The number of hydrogen-bond acceptors (Lipinski definition) is 6. The Labute approximate surface area is 150 Å². The summed E-state index contributed by atoms with van der Waals surface area (Å²) < 4.78 is 5.07. The zero-order chi connectivity index (χ0) is 18.4. The Bertz CT molecular complexity index is 894. The predicted octanol–water partition coefficient (Wildman–Crippen LogP) is 2.56. The molecule has 130 valence electrons. The molecular weight excluding hydrogens is 332 g/mol. The lowest BCUT2D eigenvalue weighted by Gasteiger charge is -2.05. The van der Waals surface area contributed by atoms with Crippen LogP contribution in [0.4, 0.5) is 5.69 Å². The van der Waals surface area contributed by atoms with Gasteiger partial charge < -0.3 is 10.1 Å². The number of carbonyl (C=O) groups is 2. The summed E-state index contributed by atoms with van der Waals surface area (Å²) in [5, 5.41) is 2.72. The van der Waals surface area contributed by atoms with Crippen molar-refractivity contribution in [1.82, 2.24) is 15.0 Å². The van der Waals surface area contributed by atoms with Crippen molar-refractivity contribution in [3.05, 3.63) is 78.1 Å². The molecule has 7 nitrogen and oxygen atoms in total. The van der Waals surface area contributed by atoms with E-state index in [0.717, 1.165) is 0 Å². The number of ketones is 1. The number of ether oxygens (including phenoxy) is 1. The van der Waals surface area contributed by atoms with E-state index in [0.29, 0.717) is 28.4 Å². The van der Waals surface area contributed by atoms with Gasteiger partial charge in [-0.2, -0.15) is 0 Å². The molecule has 0 saturated carbocycles. The molecule has 3 aromatic rings. The molecule has 1 N–H and O–H groups in total. The zero-order valence-electron chi connectivity index (χ0n) is 14.0. The first-order valence-electron chi connectivity index (χ1n) is 7.85. The molecule has 0 unspecified atom stereocenters. The second-order valence-corrected chi connectivity index (χ2v) is 5.41. The minimum absolute atomic E-state index is 0.0541. The molecular formula is C19H16N4O3. The summed E-state index contributed by atoms with van der Waals surface area (Å²) in [6, 6.07) is 10.2. The number of carbonyl (C=O) groups excluding carboxylic acids is 2. The molecule has 0 aliphatic heterocycles. The van der Waals surface area contributed by atoms with Gasteiger partial charge in [-0.3, -0.25) is 14.6 Å². The van der Waals surface area contributed by atoms with E-state index in [2.05, 4.69) is 20.3 Å². The highest BCUT2D eigenvalue weighted by atomic mass is 16.5. The van der Waals surface area contributed by atoms with Crippen molar-refractivity contribution in [2.75, 3.05) is 12.4 Å². The molecule has 1 amide bonds. The van der Waals surface area contributed by atoms with Crippen LogP contribution in [-0.2, 0) is 6.42 Å². The third-order valence-electron chi connectivity index (χ3n) is 3.64. The Morgan fingerprint density at radius 1 is 0.962 bits per heavy atom. The number of Topliss-reactive ketones (excluding diaryl/α,β-unsaturated/α-hetero) is 1. The maximum atomic E-state index is 12.3. The predicted molar refractivity (Wildman–Crippen MR) is 95.3 cm³/mol. The van der Waals surface area contributed by atoms with Crippen molar-refractivity contribution < 1.29 is 14.3 Å². The van der Waals surface area contributed by atoms with Crippen molar-refractivity contribution in [2.24, 2.45) is 0 Å². The lowest BCUT2D eigenvalue weighted by molar-refractivity contribution is 0.0990. The summed E-state index contributed by atoms with van der Waals surface area (Å²) in [5.74, 6) is 0.597. The van der Waals surface area contributed by atoms with Crippen LogP contribution in [0.25, 0.3) is 0 Å². The van der Waals surface area contributed by atoms with E-state index in [1.165, 1.54) is 12.4 Å². The van der Waals surface area contributed by atoms with Crippen LogP contribution < -0.4 is 10.1 Å². The fraction of sp³-hybridized carbons (Fsp3) is 0.105. The van der Waals surface area contributed by atoms with Crippen molar-refractivity contribution in [3.63, 3.8) is 0 Å². The smallest absolute Gasteiger partial charge is 0.258 e. The zero-order valence-corrected chi connectivity index (χ0v) is 14.0. The molecule has 0 bridgehead atoms. The maximum Gasteiger partial charge on any atom is 0.258 e. The Hall–Kier alpha value is -3.61.